The van der Waals surface area contributed by atoms with Gasteiger partial charge in [-0.25, -0.2) is 9.59 Å². The quantitative estimate of drug-likeness (QED) is 0.759. The highest BCUT2D eigenvalue weighted by atomic mass is 16.4. The normalized spacial score (nSPS) is 20.7. The molecule has 2 unspecified atom stereocenters. The minimum absolute atomic E-state index is 0.164. The summed E-state index contributed by atoms with van der Waals surface area (Å²) in [5.41, 5.74) is 1.12. The van der Waals surface area contributed by atoms with Crippen LogP contribution in [0.2, 0.25) is 0 Å². The van der Waals surface area contributed by atoms with Gasteiger partial charge in [0.25, 0.3) is 0 Å². The Bertz CT molecular complexity index is 470. The van der Waals surface area contributed by atoms with Gasteiger partial charge in [-0.1, -0.05) is 25.5 Å². The van der Waals surface area contributed by atoms with Gasteiger partial charge in [0.05, 0.1) is 5.56 Å². The van der Waals surface area contributed by atoms with Crippen LogP contribution in [0.5, 0.6) is 0 Å². The van der Waals surface area contributed by atoms with E-state index in [-0.39, 0.29) is 11.6 Å². The van der Waals surface area contributed by atoms with Crippen molar-refractivity contribution in [1.82, 2.24) is 10.6 Å². The number of hydrogen-bond acceptors (Lipinski definition) is 2. The van der Waals surface area contributed by atoms with Gasteiger partial charge in [0.1, 0.15) is 0 Å². The zero-order chi connectivity index (χ0) is 13.8. The molecule has 2 rings (SSSR count). The van der Waals surface area contributed by atoms with Crippen LogP contribution in [0.4, 0.5) is 4.79 Å². The average Bonchev–Trinajstić information content (AvgIpc) is 3.15. The van der Waals surface area contributed by atoms with Crippen LogP contribution < -0.4 is 10.6 Å². The molecule has 0 bridgehead atoms. The van der Waals surface area contributed by atoms with E-state index in [9.17, 15) is 9.59 Å². The Hall–Kier alpha value is -2.04. The van der Waals surface area contributed by atoms with Crippen LogP contribution in [0.3, 0.4) is 0 Å². The summed E-state index contributed by atoms with van der Waals surface area (Å²) >= 11 is 0. The molecular formula is C14H18N2O3. The zero-order valence-electron chi connectivity index (χ0n) is 10.8. The molecule has 5 nitrogen and oxygen atoms in total. The number of urea groups is 1. The molecular weight excluding hydrogens is 244 g/mol. The number of carbonyl (C=O) groups excluding carboxylic acids is 1. The summed E-state index contributed by atoms with van der Waals surface area (Å²) in [6.45, 7) is 2.52. The summed E-state index contributed by atoms with van der Waals surface area (Å²) in [5, 5.41) is 14.4. The number of benzene rings is 1. The number of amides is 2. The molecule has 3 N–H and O–H groups in total. The molecule has 5 heteroatoms. The van der Waals surface area contributed by atoms with Crippen molar-refractivity contribution in [3.8, 4) is 0 Å². The molecule has 0 aromatic heterocycles. The molecule has 1 aliphatic rings. The van der Waals surface area contributed by atoms with E-state index in [1.54, 1.807) is 12.1 Å². The number of carboxylic acids is 1. The van der Waals surface area contributed by atoms with Crippen molar-refractivity contribution in [2.75, 3.05) is 0 Å². The molecule has 102 valence electrons. The van der Waals surface area contributed by atoms with Crippen LogP contribution in [0.1, 0.15) is 35.7 Å². The van der Waals surface area contributed by atoms with Gasteiger partial charge in [0.15, 0.2) is 0 Å². The maximum absolute atomic E-state index is 11.6. The third-order valence-electron chi connectivity index (χ3n) is 3.42. The zero-order valence-corrected chi connectivity index (χ0v) is 10.8. The van der Waals surface area contributed by atoms with Crippen LogP contribution >= 0.6 is 0 Å². The van der Waals surface area contributed by atoms with E-state index in [1.165, 1.54) is 12.1 Å². The van der Waals surface area contributed by atoms with Crippen LogP contribution in [-0.2, 0) is 6.54 Å². The Morgan fingerprint density at radius 3 is 2.53 bits per heavy atom. The van der Waals surface area contributed by atoms with Gasteiger partial charge < -0.3 is 15.7 Å². The summed E-state index contributed by atoms with van der Waals surface area (Å²) in [6, 6.07) is 6.63. The van der Waals surface area contributed by atoms with E-state index in [4.69, 9.17) is 5.11 Å². The lowest BCUT2D eigenvalue weighted by Crippen LogP contribution is -2.37. The molecule has 0 heterocycles. The monoisotopic (exact) mass is 262 g/mol. The lowest BCUT2D eigenvalue weighted by molar-refractivity contribution is 0.0697. The fourth-order valence-corrected chi connectivity index (χ4v) is 2.04. The molecule has 1 saturated carbocycles. The van der Waals surface area contributed by atoms with Crippen molar-refractivity contribution < 1.29 is 14.7 Å². The van der Waals surface area contributed by atoms with Gasteiger partial charge in [0.2, 0.25) is 0 Å². The number of aromatic carboxylic acids is 1. The minimum Gasteiger partial charge on any atom is -0.478 e. The van der Waals surface area contributed by atoms with E-state index in [2.05, 4.69) is 17.6 Å². The Morgan fingerprint density at radius 2 is 2.00 bits per heavy atom. The van der Waals surface area contributed by atoms with Crippen LogP contribution in [-0.4, -0.2) is 23.1 Å². The first-order valence-electron chi connectivity index (χ1n) is 6.46. The van der Waals surface area contributed by atoms with E-state index in [0.29, 0.717) is 18.5 Å². The highest BCUT2D eigenvalue weighted by Crippen LogP contribution is 2.32. The standard InChI is InChI=1S/C14H18N2O3/c1-2-10-7-12(10)16-14(19)15-8-9-3-5-11(6-4-9)13(17)18/h3-6,10,12H,2,7-8H2,1H3,(H,17,18)(H2,15,16,19). The maximum Gasteiger partial charge on any atom is 0.335 e. The minimum atomic E-state index is -0.948. The predicted molar refractivity (Wildman–Crippen MR) is 71.0 cm³/mol. The Labute approximate surface area is 112 Å². The number of rotatable bonds is 5. The second-order valence-corrected chi connectivity index (χ2v) is 4.84. The molecule has 0 aliphatic heterocycles. The Morgan fingerprint density at radius 1 is 1.32 bits per heavy atom. The predicted octanol–water partition coefficient (Wildman–Crippen LogP) is 1.98. The maximum atomic E-state index is 11.6. The van der Waals surface area contributed by atoms with Gasteiger partial charge >= 0.3 is 12.0 Å². The lowest BCUT2D eigenvalue weighted by Gasteiger charge is -2.07. The fraction of sp³-hybridized carbons (Fsp3) is 0.429. The van der Waals surface area contributed by atoms with E-state index in [1.807, 2.05) is 0 Å². The average molecular weight is 262 g/mol. The second kappa shape index (κ2) is 5.73. The summed E-state index contributed by atoms with van der Waals surface area (Å²) in [7, 11) is 0. The number of nitrogens with one attached hydrogen (secondary N) is 2. The molecule has 0 spiro atoms. The summed E-state index contributed by atoms with van der Waals surface area (Å²) < 4.78 is 0. The third kappa shape index (κ3) is 3.71. The molecule has 1 aromatic rings. The summed E-state index contributed by atoms with van der Waals surface area (Å²) in [4.78, 5) is 22.3. The molecule has 19 heavy (non-hydrogen) atoms. The Kier molecular flexibility index (Phi) is 4.04. The second-order valence-electron chi connectivity index (χ2n) is 4.84. The van der Waals surface area contributed by atoms with Crippen LogP contribution in [0.25, 0.3) is 0 Å². The number of hydrogen-bond donors (Lipinski definition) is 3. The molecule has 1 fully saturated rings. The third-order valence-corrected chi connectivity index (χ3v) is 3.42. The summed E-state index contributed by atoms with van der Waals surface area (Å²) in [5.74, 6) is -0.322. The van der Waals surface area contributed by atoms with Crippen molar-refractivity contribution in [2.45, 2.75) is 32.4 Å². The Balaban J connectivity index is 1.75. The highest BCUT2D eigenvalue weighted by Gasteiger charge is 2.36. The topological polar surface area (TPSA) is 78.4 Å². The highest BCUT2D eigenvalue weighted by molar-refractivity contribution is 5.87. The van der Waals surface area contributed by atoms with Crippen molar-refractivity contribution in [2.24, 2.45) is 5.92 Å². The number of carboxylic acid groups (broad SMARTS) is 1. The molecule has 1 aliphatic carbocycles. The van der Waals surface area contributed by atoms with Gasteiger partial charge in [-0.15, -0.1) is 0 Å². The van der Waals surface area contributed by atoms with Crippen molar-refractivity contribution >= 4 is 12.0 Å². The fourth-order valence-electron chi connectivity index (χ4n) is 2.04. The first-order valence-corrected chi connectivity index (χ1v) is 6.46. The SMILES string of the molecule is CCC1CC1NC(=O)NCc1ccc(C(=O)O)cc1. The van der Waals surface area contributed by atoms with Crippen molar-refractivity contribution in [3.05, 3.63) is 35.4 Å². The smallest absolute Gasteiger partial charge is 0.335 e. The van der Waals surface area contributed by atoms with E-state index < -0.39 is 5.97 Å². The first-order chi connectivity index (χ1) is 9.10. The molecule has 2 amide bonds. The largest absolute Gasteiger partial charge is 0.478 e. The number of carbonyl (C=O) groups is 2. The molecule has 0 radical (unpaired) electrons. The van der Waals surface area contributed by atoms with Gasteiger partial charge in [0, 0.05) is 12.6 Å². The lowest BCUT2D eigenvalue weighted by atomic mass is 10.1. The van der Waals surface area contributed by atoms with Crippen LogP contribution in [0, 0.1) is 5.92 Å². The van der Waals surface area contributed by atoms with Gasteiger partial charge in [-0.2, -0.15) is 0 Å². The van der Waals surface area contributed by atoms with E-state index >= 15 is 0 Å². The van der Waals surface area contributed by atoms with Gasteiger partial charge in [-0.05, 0) is 30.0 Å². The van der Waals surface area contributed by atoms with Gasteiger partial charge in [-0.3, -0.25) is 0 Å². The first kappa shape index (κ1) is 13.4. The summed E-state index contributed by atoms with van der Waals surface area (Å²) in [6.07, 6.45) is 2.17. The molecule has 0 saturated heterocycles. The van der Waals surface area contributed by atoms with Crippen molar-refractivity contribution in [1.29, 1.82) is 0 Å². The van der Waals surface area contributed by atoms with Crippen molar-refractivity contribution in [3.63, 3.8) is 0 Å². The van der Waals surface area contributed by atoms with Crippen LogP contribution in [0.15, 0.2) is 24.3 Å². The molecule has 1 aromatic carbocycles. The molecule has 2 atom stereocenters. The van der Waals surface area contributed by atoms with E-state index in [0.717, 1.165) is 18.4 Å².